The number of carbonyl (C=O) groups excluding carboxylic acids is 1. The van der Waals surface area contributed by atoms with Gasteiger partial charge in [0.15, 0.2) is 0 Å². The van der Waals surface area contributed by atoms with Crippen molar-refractivity contribution < 1.29 is 14.7 Å². The Balaban J connectivity index is 4.49. The van der Waals surface area contributed by atoms with Crippen LogP contribution in [-0.2, 0) is 4.79 Å². The standard InChI is InChI=1S/C14H27N3O3/c1-6-7-12(13(18)19)16-14(20)15-11(8-10(2)3)9-17(4)5/h6,10-12H,1,7-9H2,2-5H3,(H,18,19)(H2,15,16,20). The largest absolute Gasteiger partial charge is 0.480 e. The normalized spacial score (nSPS) is 13.9. The Morgan fingerprint density at radius 3 is 2.30 bits per heavy atom. The fourth-order valence-corrected chi connectivity index (χ4v) is 1.96. The summed E-state index contributed by atoms with van der Waals surface area (Å²) in [5.74, 6) is -0.614. The highest BCUT2D eigenvalue weighted by Crippen LogP contribution is 2.05. The number of hydrogen-bond donors (Lipinski definition) is 3. The number of hydrogen-bond acceptors (Lipinski definition) is 3. The van der Waals surface area contributed by atoms with E-state index < -0.39 is 18.0 Å². The van der Waals surface area contributed by atoms with Crippen molar-refractivity contribution in [2.75, 3.05) is 20.6 Å². The van der Waals surface area contributed by atoms with Crippen LogP contribution in [0.2, 0.25) is 0 Å². The molecule has 0 spiro atoms. The van der Waals surface area contributed by atoms with Gasteiger partial charge in [-0.2, -0.15) is 0 Å². The van der Waals surface area contributed by atoms with Gasteiger partial charge in [-0.1, -0.05) is 19.9 Å². The molecule has 0 saturated heterocycles. The molecule has 0 bridgehead atoms. The lowest BCUT2D eigenvalue weighted by Gasteiger charge is -2.25. The summed E-state index contributed by atoms with van der Waals surface area (Å²) in [4.78, 5) is 24.8. The minimum absolute atomic E-state index is 0.0109. The molecule has 2 unspecified atom stereocenters. The number of likely N-dealkylation sites (N-methyl/N-ethyl adjacent to an activating group) is 1. The number of nitrogens with one attached hydrogen (secondary N) is 2. The zero-order chi connectivity index (χ0) is 15.7. The van der Waals surface area contributed by atoms with E-state index in [0.29, 0.717) is 12.5 Å². The first kappa shape index (κ1) is 18.4. The summed E-state index contributed by atoms with van der Waals surface area (Å²) in [6.45, 7) is 8.37. The van der Waals surface area contributed by atoms with Gasteiger partial charge in [-0.3, -0.25) is 0 Å². The van der Waals surface area contributed by atoms with Crippen molar-refractivity contribution in [3.05, 3.63) is 12.7 Å². The first-order chi connectivity index (χ1) is 9.26. The topological polar surface area (TPSA) is 81.7 Å². The summed E-state index contributed by atoms with van der Waals surface area (Å²) in [5.41, 5.74) is 0. The summed E-state index contributed by atoms with van der Waals surface area (Å²) in [7, 11) is 3.87. The zero-order valence-corrected chi connectivity index (χ0v) is 12.8. The van der Waals surface area contributed by atoms with E-state index in [1.165, 1.54) is 6.08 Å². The van der Waals surface area contributed by atoms with Crippen molar-refractivity contribution in [3.8, 4) is 0 Å². The summed E-state index contributed by atoms with van der Waals surface area (Å²) < 4.78 is 0. The average Bonchev–Trinajstić information content (AvgIpc) is 2.25. The Labute approximate surface area is 121 Å². The Kier molecular flexibility index (Phi) is 8.63. The van der Waals surface area contributed by atoms with Crippen LogP contribution in [0, 0.1) is 5.92 Å². The van der Waals surface area contributed by atoms with Crippen LogP contribution >= 0.6 is 0 Å². The lowest BCUT2D eigenvalue weighted by molar-refractivity contribution is -0.139. The highest BCUT2D eigenvalue weighted by molar-refractivity contribution is 5.82. The molecule has 116 valence electrons. The minimum atomic E-state index is -1.06. The SMILES string of the molecule is C=CCC(NC(=O)NC(CC(C)C)CN(C)C)C(=O)O. The van der Waals surface area contributed by atoms with Crippen LogP contribution in [0.4, 0.5) is 4.79 Å². The lowest BCUT2D eigenvalue weighted by atomic mass is 10.0. The molecule has 0 aromatic carbocycles. The maximum absolute atomic E-state index is 11.9. The Bertz CT molecular complexity index is 320. The summed E-state index contributed by atoms with van der Waals surface area (Å²) in [5, 5.41) is 14.3. The maximum atomic E-state index is 11.9. The van der Waals surface area contributed by atoms with Gasteiger partial charge in [-0.15, -0.1) is 6.58 Å². The minimum Gasteiger partial charge on any atom is -0.480 e. The molecule has 0 saturated carbocycles. The van der Waals surface area contributed by atoms with E-state index in [4.69, 9.17) is 5.11 Å². The molecule has 0 radical (unpaired) electrons. The molecule has 2 amide bonds. The van der Waals surface area contributed by atoms with Gasteiger partial charge in [0.25, 0.3) is 0 Å². The first-order valence-corrected chi connectivity index (χ1v) is 6.81. The number of aliphatic carboxylic acids is 1. The molecule has 0 aliphatic carbocycles. The number of amides is 2. The molecule has 6 nitrogen and oxygen atoms in total. The fourth-order valence-electron chi connectivity index (χ4n) is 1.96. The summed E-state index contributed by atoms with van der Waals surface area (Å²) in [6.07, 6.45) is 2.51. The van der Waals surface area contributed by atoms with Gasteiger partial charge >= 0.3 is 12.0 Å². The zero-order valence-electron chi connectivity index (χ0n) is 12.8. The lowest BCUT2D eigenvalue weighted by Crippen LogP contribution is -2.51. The van der Waals surface area contributed by atoms with Gasteiger partial charge in [0, 0.05) is 12.6 Å². The second-order valence-electron chi connectivity index (χ2n) is 5.62. The van der Waals surface area contributed by atoms with E-state index in [0.717, 1.165) is 6.42 Å². The van der Waals surface area contributed by atoms with Crippen molar-refractivity contribution in [1.82, 2.24) is 15.5 Å². The molecule has 0 aliphatic rings. The summed E-state index contributed by atoms with van der Waals surface area (Å²) >= 11 is 0. The monoisotopic (exact) mass is 285 g/mol. The third kappa shape index (κ3) is 8.53. The molecular weight excluding hydrogens is 258 g/mol. The van der Waals surface area contributed by atoms with Gasteiger partial charge in [0.2, 0.25) is 0 Å². The fraction of sp³-hybridized carbons (Fsp3) is 0.714. The average molecular weight is 285 g/mol. The predicted molar refractivity (Wildman–Crippen MR) is 79.7 cm³/mol. The third-order valence-electron chi connectivity index (χ3n) is 2.68. The van der Waals surface area contributed by atoms with Crippen molar-refractivity contribution in [3.63, 3.8) is 0 Å². The maximum Gasteiger partial charge on any atom is 0.326 e. The van der Waals surface area contributed by atoms with Crippen molar-refractivity contribution >= 4 is 12.0 Å². The number of carbonyl (C=O) groups is 2. The second kappa shape index (κ2) is 9.36. The molecule has 20 heavy (non-hydrogen) atoms. The van der Waals surface area contributed by atoms with E-state index in [2.05, 4.69) is 31.1 Å². The van der Waals surface area contributed by atoms with Gasteiger partial charge in [0.05, 0.1) is 0 Å². The van der Waals surface area contributed by atoms with Crippen LogP contribution in [0.5, 0.6) is 0 Å². The molecule has 0 heterocycles. The Morgan fingerprint density at radius 1 is 1.30 bits per heavy atom. The van der Waals surface area contributed by atoms with Crippen LogP contribution in [-0.4, -0.2) is 54.7 Å². The number of rotatable bonds is 9. The molecule has 0 aliphatic heterocycles. The highest BCUT2D eigenvalue weighted by atomic mass is 16.4. The number of carboxylic acids is 1. The Morgan fingerprint density at radius 2 is 1.90 bits per heavy atom. The third-order valence-corrected chi connectivity index (χ3v) is 2.68. The van der Waals surface area contributed by atoms with Crippen LogP contribution in [0.25, 0.3) is 0 Å². The molecule has 0 aromatic rings. The number of nitrogens with zero attached hydrogens (tertiary/aromatic N) is 1. The highest BCUT2D eigenvalue weighted by Gasteiger charge is 2.20. The van der Waals surface area contributed by atoms with E-state index in [1.807, 2.05) is 19.0 Å². The van der Waals surface area contributed by atoms with E-state index >= 15 is 0 Å². The molecule has 2 atom stereocenters. The molecule has 0 fully saturated rings. The smallest absolute Gasteiger partial charge is 0.326 e. The second-order valence-corrected chi connectivity index (χ2v) is 5.62. The van der Waals surface area contributed by atoms with Gasteiger partial charge in [-0.25, -0.2) is 9.59 Å². The molecule has 0 rings (SSSR count). The molecule has 0 aromatic heterocycles. The van der Waals surface area contributed by atoms with Crippen molar-refractivity contribution in [2.45, 2.75) is 38.8 Å². The van der Waals surface area contributed by atoms with Crippen LogP contribution in [0.3, 0.4) is 0 Å². The van der Waals surface area contributed by atoms with Crippen LogP contribution < -0.4 is 10.6 Å². The quantitative estimate of drug-likeness (QED) is 0.558. The van der Waals surface area contributed by atoms with Gasteiger partial charge < -0.3 is 20.6 Å². The predicted octanol–water partition coefficient (Wildman–Crippen LogP) is 1.29. The first-order valence-electron chi connectivity index (χ1n) is 6.81. The summed E-state index contributed by atoms with van der Waals surface area (Å²) in [6, 6.07) is -1.40. The van der Waals surface area contributed by atoms with E-state index in [9.17, 15) is 9.59 Å². The van der Waals surface area contributed by atoms with Crippen LogP contribution in [0.15, 0.2) is 12.7 Å². The Hall–Kier alpha value is -1.56. The number of urea groups is 1. The van der Waals surface area contributed by atoms with Crippen molar-refractivity contribution in [2.24, 2.45) is 5.92 Å². The molecular formula is C14H27N3O3. The number of carboxylic acid groups (broad SMARTS) is 1. The van der Waals surface area contributed by atoms with Crippen LogP contribution in [0.1, 0.15) is 26.7 Å². The molecule has 6 heteroatoms. The van der Waals surface area contributed by atoms with Crippen molar-refractivity contribution in [1.29, 1.82) is 0 Å². The molecule has 3 N–H and O–H groups in total. The van der Waals surface area contributed by atoms with E-state index in [1.54, 1.807) is 0 Å². The van der Waals surface area contributed by atoms with E-state index in [-0.39, 0.29) is 12.5 Å². The van der Waals surface area contributed by atoms with Gasteiger partial charge in [-0.05, 0) is 32.9 Å². The van der Waals surface area contributed by atoms with Gasteiger partial charge in [0.1, 0.15) is 6.04 Å².